The van der Waals surface area contributed by atoms with Gasteiger partial charge < -0.3 is 0 Å². The molecule has 24 heavy (non-hydrogen) atoms. The Morgan fingerprint density at radius 2 is 1.83 bits per heavy atom. The number of hydrogen-bond donors (Lipinski definition) is 1. The number of imidazole rings is 1. The van der Waals surface area contributed by atoms with Crippen molar-refractivity contribution in [3.63, 3.8) is 0 Å². The number of nitrogens with one attached hydrogen (secondary N) is 1. The molecule has 0 aliphatic carbocycles. The van der Waals surface area contributed by atoms with Crippen molar-refractivity contribution in [1.29, 1.82) is 0 Å². The summed E-state index contributed by atoms with van der Waals surface area (Å²) in [6.07, 6.45) is 0.383. The van der Waals surface area contributed by atoms with Crippen LogP contribution in [0.25, 0.3) is 11.0 Å². The predicted molar refractivity (Wildman–Crippen MR) is 87.3 cm³/mol. The summed E-state index contributed by atoms with van der Waals surface area (Å²) in [5.41, 5.74) is 0.625. The summed E-state index contributed by atoms with van der Waals surface area (Å²) in [5, 5.41) is 2.24. The monoisotopic (exact) mass is 333 g/mol. The van der Waals surface area contributed by atoms with Gasteiger partial charge >= 0.3 is 5.69 Å². The molecule has 0 spiro atoms. The third-order valence-corrected chi connectivity index (χ3v) is 4.51. The Kier molecular flexibility index (Phi) is 3.62. The number of aryl methyl sites for hydroxylation is 1. The van der Waals surface area contributed by atoms with Gasteiger partial charge in [-0.3, -0.25) is 24.0 Å². The van der Waals surface area contributed by atoms with E-state index in [0.29, 0.717) is 16.6 Å². The molecule has 1 aromatic carbocycles. The number of imide groups is 1. The number of carbonyl (C=O) groups excluding carboxylic acids is 2. The molecule has 1 aliphatic rings. The van der Waals surface area contributed by atoms with Crippen LogP contribution in [0.1, 0.15) is 45.2 Å². The number of halogens is 1. The first-order valence-corrected chi connectivity index (χ1v) is 7.86. The van der Waals surface area contributed by atoms with Gasteiger partial charge in [0.15, 0.2) is 0 Å². The molecule has 0 bridgehead atoms. The van der Waals surface area contributed by atoms with E-state index < -0.39 is 28.9 Å². The summed E-state index contributed by atoms with van der Waals surface area (Å²) >= 11 is 0. The average molecular weight is 333 g/mol. The fraction of sp³-hybridized carbons (Fsp3) is 0.471. The van der Waals surface area contributed by atoms with Gasteiger partial charge in [-0.2, -0.15) is 0 Å². The fourth-order valence-corrected chi connectivity index (χ4v) is 3.19. The van der Waals surface area contributed by atoms with Crippen LogP contribution in [-0.2, 0) is 22.1 Å². The average Bonchev–Trinajstić information content (AvgIpc) is 2.69. The SMILES string of the molecule is Cn1c(=O)n([C@@H]2CCC(=O)NC2=O)c2cc(F)c(C(C)(C)C)cc21. The first kappa shape index (κ1) is 16.4. The molecule has 1 atom stereocenters. The minimum absolute atomic E-state index is 0.155. The fourth-order valence-electron chi connectivity index (χ4n) is 3.19. The summed E-state index contributed by atoms with van der Waals surface area (Å²) in [7, 11) is 1.59. The van der Waals surface area contributed by atoms with Crippen LogP contribution < -0.4 is 11.0 Å². The molecule has 1 N–H and O–H groups in total. The normalized spacial score (nSPS) is 19.0. The minimum atomic E-state index is -0.807. The Morgan fingerprint density at radius 3 is 2.42 bits per heavy atom. The third-order valence-electron chi connectivity index (χ3n) is 4.51. The molecule has 1 fully saturated rings. The number of aromatic nitrogens is 2. The van der Waals surface area contributed by atoms with E-state index >= 15 is 0 Å². The molecule has 0 radical (unpaired) electrons. The van der Waals surface area contributed by atoms with Gasteiger partial charge in [-0.15, -0.1) is 0 Å². The molecule has 7 heteroatoms. The van der Waals surface area contributed by atoms with Crippen LogP contribution >= 0.6 is 0 Å². The molecule has 1 aliphatic heterocycles. The Bertz CT molecular complexity index is 918. The van der Waals surface area contributed by atoms with E-state index in [4.69, 9.17) is 0 Å². The zero-order valence-electron chi connectivity index (χ0n) is 14.1. The van der Waals surface area contributed by atoms with Crippen molar-refractivity contribution in [2.75, 3.05) is 0 Å². The molecule has 2 aromatic rings. The molecule has 1 aromatic heterocycles. The number of carbonyl (C=O) groups is 2. The number of hydrogen-bond acceptors (Lipinski definition) is 3. The molecular weight excluding hydrogens is 313 g/mol. The number of rotatable bonds is 1. The van der Waals surface area contributed by atoms with E-state index in [1.165, 1.54) is 15.2 Å². The van der Waals surface area contributed by atoms with Crippen molar-refractivity contribution in [2.24, 2.45) is 7.05 Å². The highest BCUT2D eigenvalue weighted by atomic mass is 19.1. The maximum Gasteiger partial charge on any atom is 0.329 e. The van der Waals surface area contributed by atoms with Crippen LogP contribution in [0.4, 0.5) is 4.39 Å². The Balaban J connectivity index is 2.25. The van der Waals surface area contributed by atoms with Gasteiger partial charge in [-0.25, -0.2) is 9.18 Å². The van der Waals surface area contributed by atoms with Crippen LogP contribution in [-0.4, -0.2) is 20.9 Å². The second-order valence-corrected chi connectivity index (χ2v) is 7.25. The van der Waals surface area contributed by atoms with Crippen LogP contribution in [0, 0.1) is 5.82 Å². The molecule has 0 saturated carbocycles. The minimum Gasteiger partial charge on any atom is -0.295 e. The highest BCUT2D eigenvalue weighted by Crippen LogP contribution is 2.30. The number of nitrogens with zero attached hydrogens (tertiary/aromatic N) is 2. The van der Waals surface area contributed by atoms with Gasteiger partial charge in [0.25, 0.3) is 0 Å². The number of fused-ring (bicyclic) bond motifs is 1. The lowest BCUT2D eigenvalue weighted by molar-refractivity contribution is -0.135. The van der Waals surface area contributed by atoms with Crippen LogP contribution in [0.2, 0.25) is 0 Å². The summed E-state index contributed by atoms with van der Waals surface area (Å²) in [4.78, 5) is 36.1. The molecule has 1 saturated heterocycles. The lowest BCUT2D eigenvalue weighted by Crippen LogP contribution is -2.44. The zero-order chi connectivity index (χ0) is 17.8. The zero-order valence-corrected chi connectivity index (χ0v) is 14.1. The maximum atomic E-state index is 14.6. The Morgan fingerprint density at radius 1 is 1.17 bits per heavy atom. The maximum absolute atomic E-state index is 14.6. The molecule has 6 nitrogen and oxygen atoms in total. The molecule has 2 amide bonds. The predicted octanol–water partition coefficient (Wildman–Crippen LogP) is 1.75. The van der Waals surface area contributed by atoms with Crippen molar-refractivity contribution in [1.82, 2.24) is 14.5 Å². The van der Waals surface area contributed by atoms with E-state index in [1.807, 2.05) is 20.8 Å². The van der Waals surface area contributed by atoms with E-state index in [1.54, 1.807) is 13.1 Å². The van der Waals surface area contributed by atoms with E-state index in [-0.39, 0.29) is 18.7 Å². The van der Waals surface area contributed by atoms with Gasteiger partial charge in [-0.05, 0) is 23.5 Å². The molecule has 2 heterocycles. The summed E-state index contributed by atoms with van der Waals surface area (Å²) in [5.74, 6) is -1.30. The van der Waals surface area contributed by atoms with Crippen LogP contribution in [0.5, 0.6) is 0 Å². The molecule has 3 rings (SSSR count). The highest BCUT2D eigenvalue weighted by molar-refractivity contribution is 6.00. The Labute approximate surface area is 138 Å². The number of benzene rings is 1. The highest BCUT2D eigenvalue weighted by Gasteiger charge is 2.32. The molecule has 0 unspecified atom stereocenters. The van der Waals surface area contributed by atoms with E-state index in [2.05, 4.69) is 5.32 Å². The van der Waals surface area contributed by atoms with E-state index in [0.717, 1.165) is 0 Å². The number of piperidine rings is 1. The van der Waals surface area contributed by atoms with Gasteiger partial charge in [0, 0.05) is 19.5 Å². The van der Waals surface area contributed by atoms with Gasteiger partial charge in [0.05, 0.1) is 11.0 Å². The van der Waals surface area contributed by atoms with Crippen molar-refractivity contribution < 1.29 is 14.0 Å². The largest absolute Gasteiger partial charge is 0.329 e. The second-order valence-electron chi connectivity index (χ2n) is 7.25. The third kappa shape index (κ3) is 2.44. The summed E-state index contributed by atoms with van der Waals surface area (Å²) in [6.45, 7) is 5.69. The topological polar surface area (TPSA) is 73.1 Å². The van der Waals surface area contributed by atoms with E-state index in [9.17, 15) is 18.8 Å². The molecule has 128 valence electrons. The van der Waals surface area contributed by atoms with Gasteiger partial charge in [0.2, 0.25) is 11.8 Å². The van der Waals surface area contributed by atoms with Crippen LogP contribution in [0.3, 0.4) is 0 Å². The van der Waals surface area contributed by atoms with Crippen molar-refractivity contribution in [2.45, 2.75) is 45.1 Å². The van der Waals surface area contributed by atoms with Gasteiger partial charge in [0.1, 0.15) is 11.9 Å². The standard InChI is InChI=1S/C17H20FN3O3/c1-17(2,3)9-7-12-13(8-10(9)18)21(16(24)20(12)4)11-5-6-14(22)19-15(11)23/h7-8,11H,5-6H2,1-4H3,(H,19,22,23)/t11-/m1/s1. The first-order valence-electron chi connectivity index (χ1n) is 7.86. The lowest BCUT2D eigenvalue weighted by atomic mass is 9.86. The molecular formula is C17H20FN3O3. The summed E-state index contributed by atoms with van der Waals surface area (Å²) in [6, 6.07) is 2.16. The Hall–Kier alpha value is -2.44. The number of amides is 2. The second kappa shape index (κ2) is 5.29. The van der Waals surface area contributed by atoms with Crippen molar-refractivity contribution in [3.8, 4) is 0 Å². The van der Waals surface area contributed by atoms with Crippen molar-refractivity contribution in [3.05, 3.63) is 34.0 Å². The summed E-state index contributed by atoms with van der Waals surface area (Å²) < 4.78 is 17.3. The van der Waals surface area contributed by atoms with Gasteiger partial charge in [-0.1, -0.05) is 20.8 Å². The first-order chi connectivity index (χ1) is 11.1. The smallest absolute Gasteiger partial charge is 0.295 e. The van der Waals surface area contributed by atoms with Crippen molar-refractivity contribution >= 4 is 22.8 Å². The quantitative estimate of drug-likeness (QED) is 0.808. The lowest BCUT2D eigenvalue weighted by Gasteiger charge is -2.23. The van der Waals surface area contributed by atoms with Crippen LogP contribution in [0.15, 0.2) is 16.9 Å².